The average molecular weight is 395 g/mol. The number of nitrogens with zero attached hydrogens (tertiary/aromatic N) is 5. The summed E-state index contributed by atoms with van der Waals surface area (Å²) in [6.45, 7) is 2.65. The maximum atomic E-state index is 10.8. The van der Waals surface area contributed by atoms with Crippen molar-refractivity contribution in [3.63, 3.8) is 0 Å². The molecule has 0 amide bonds. The molecule has 0 aliphatic carbocycles. The van der Waals surface area contributed by atoms with Crippen LogP contribution in [0.15, 0.2) is 52.9 Å². The minimum absolute atomic E-state index is 0.0208. The molecule has 8 nitrogen and oxygen atoms in total. The Kier molecular flexibility index (Phi) is 4.84. The Morgan fingerprint density at radius 2 is 1.93 bits per heavy atom. The highest BCUT2D eigenvalue weighted by Crippen LogP contribution is 2.27. The number of fused-ring (bicyclic) bond motifs is 1. The molecule has 2 aromatic heterocycles. The molecular formula is C19H17N5O3S. The van der Waals surface area contributed by atoms with Crippen LogP contribution >= 0.6 is 11.3 Å². The fourth-order valence-electron chi connectivity index (χ4n) is 2.77. The van der Waals surface area contributed by atoms with Gasteiger partial charge in [-0.3, -0.25) is 15.0 Å². The Hall–Kier alpha value is -3.17. The van der Waals surface area contributed by atoms with Crippen molar-refractivity contribution in [3.8, 4) is 11.5 Å². The maximum Gasteiger partial charge on any atom is 0.269 e. The standard InChI is InChI=1S/C19H17N5O3S/c1-12(23(2)11-17-20-15-5-3-4-6-16(15)28-17)18-21-22-19(27-18)13-7-9-14(10-8-13)24(25)26/h3-10,12H,11H2,1-2H3/t12-/m0/s1. The first-order valence-corrected chi connectivity index (χ1v) is 9.46. The number of nitro benzene ring substituents is 1. The van der Waals surface area contributed by atoms with Crippen LogP contribution in [0.25, 0.3) is 21.7 Å². The highest BCUT2D eigenvalue weighted by Gasteiger charge is 2.20. The highest BCUT2D eigenvalue weighted by atomic mass is 32.1. The molecule has 0 radical (unpaired) electrons. The van der Waals surface area contributed by atoms with E-state index >= 15 is 0 Å². The minimum atomic E-state index is -0.442. The van der Waals surface area contributed by atoms with Gasteiger partial charge in [0.25, 0.3) is 5.69 Å². The molecule has 0 aliphatic heterocycles. The molecular weight excluding hydrogens is 378 g/mol. The maximum absolute atomic E-state index is 10.8. The van der Waals surface area contributed by atoms with E-state index in [-0.39, 0.29) is 11.7 Å². The zero-order valence-corrected chi connectivity index (χ0v) is 16.1. The summed E-state index contributed by atoms with van der Waals surface area (Å²) in [5.74, 6) is 0.821. The summed E-state index contributed by atoms with van der Waals surface area (Å²) in [7, 11) is 1.98. The molecule has 2 aromatic carbocycles. The van der Waals surface area contributed by atoms with E-state index in [1.165, 1.54) is 12.1 Å². The summed E-state index contributed by atoms with van der Waals surface area (Å²) in [6.07, 6.45) is 0. The Morgan fingerprint density at radius 3 is 2.64 bits per heavy atom. The number of non-ortho nitro benzene ring substituents is 1. The lowest BCUT2D eigenvalue weighted by atomic mass is 10.2. The number of para-hydroxylation sites is 1. The number of aromatic nitrogens is 3. The first kappa shape index (κ1) is 18.2. The Morgan fingerprint density at radius 1 is 1.18 bits per heavy atom. The van der Waals surface area contributed by atoms with Gasteiger partial charge in [0.05, 0.1) is 27.7 Å². The number of benzene rings is 2. The molecule has 0 saturated heterocycles. The van der Waals surface area contributed by atoms with E-state index < -0.39 is 4.92 Å². The van der Waals surface area contributed by atoms with Crippen molar-refractivity contribution >= 4 is 27.2 Å². The molecule has 0 bridgehead atoms. The van der Waals surface area contributed by atoms with Crippen molar-refractivity contribution in [2.24, 2.45) is 0 Å². The summed E-state index contributed by atoms with van der Waals surface area (Å²) in [5, 5.41) is 20.0. The first-order chi connectivity index (χ1) is 13.5. The second-order valence-electron chi connectivity index (χ2n) is 6.42. The Bertz CT molecular complexity index is 1090. The topological polar surface area (TPSA) is 98.2 Å². The van der Waals surface area contributed by atoms with E-state index in [1.807, 2.05) is 32.2 Å². The monoisotopic (exact) mass is 395 g/mol. The zero-order valence-electron chi connectivity index (χ0n) is 15.3. The molecule has 28 heavy (non-hydrogen) atoms. The normalized spacial score (nSPS) is 12.5. The third-order valence-electron chi connectivity index (χ3n) is 4.51. The fourth-order valence-corrected chi connectivity index (χ4v) is 3.80. The molecule has 1 atom stereocenters. The van der Waals surface area contributed by atoms with E-state index in [9.17, 15) is 10.1 Å². The zero-order chi connectivity index (χ0) is 19.7. The number of nitro groups is 1. The van der Waals surface area contributed by atoms with E-state index in [1.54, 1.807) is 23.5 Å². The molecule has 0 N–H and O–H groups in total. The molecule has 0 saturated carbocycles. The molecule has 9 heteroatoms. The van der Waals surface area contributed by atoms with Gasteiger partial charge in [0, 0.05) is 17.7 Å². The van der Waals surface area contributed by atoms with Crippen molar-refractivity contribution in [1.29, 1.82) is 0 Å². The van der Waals surface area contributed by atoms with Gasteiger partial charge >= 0.3 is 0 Å². The van der Waals surface area contributed by atoms with Gasteiger partial charge in [0.15, 0.2) is 0 Å². The second kappa shape index (κ2) is 7.45. The molecule has 0 unspecified atom stereocenters. The summed E-state index contributed by atoms with van der Waals surface area (Å²) in [6, 6.07) is 14.0. The van der Waals surface area contributed by atoms with Crippen molar-refractivity contribution in [1.82, 2.24) is 20.1 Å². The van der Waals surface area contributed by atoms with E-state index in [4.69, 9.17) is 4.42 Å². The van der Waals surface area contributed by atoms with E-state index in [0.717, 1.165) is 15.2 Å². The van der Waals surface area contributed by atoms with Gasteiger partial charge in [0.1, 0.15) is 5.01 Å². The van der Waals surface area contributed by atoms with E-state index in [2.05, 4.69) is 26.1 Å². The molecule has 0 fully saturated rings. The van der Waals surface area contributed by atoms with Gasteiger partial charge in [-0.2, -0.15) is 0 Å². The smallest absolute Gasteiger partial charge is 0.269 e. The predicted octanol–water partition coefficient (Wildman–Crippen LogP) is 4.45. The largest absolute Gasteiger partial charge is 0.419 e. The van der Waals surface area contributed by atoms with Gasteiger partial charge in [-0.15, -0.1) is 21.5 Å². The van der Waals surface area contributed by atoms with Crippen molar-refractivity contribution < 1.29 is 9.34 Å². The summed E-state index contributed by atoms with van der Waals surface area (Å²) in [4.78, 5) is 17.1. The van der Waals surface area contributed by atoms with Crippen LogP contribution < -0.4 is 0 Å². The number of thiazole rings is 1. The summed E-state index contributed by atoms with van der Waals surface area (Å²) < 4.78 is 6.96. The first-order valence-electron chi connectivity index (χ1n) is 8.64. The number of rotatable bonds is 6. The Balaban J connectivity index is 1.48. The van der Waals surface area contributed by atoms with Crippen LogP contribution in [0.4, 0.5) is 5.69 Å². The van der Waals surface area contributed by atoms with E-state index in [0.29, 0.717) is 23.9 Å². The quantitative estimate of drug-likeness (QED) is 0.351. The average Bonchev–Trinajstić information content (AvgIpc) is 3.34. The lowest BCUT2D eigenvalue weighted by Crippen LogP contribution is -2.22. The van der Waals surface area contributed by atoms with Crippen LogP contribution in [0, 0.1) is 10.1 Å². The third kappa shape index (κ3) is 3.62. The molecule has 0 spiro atoms. The van der Waals surface area contributed by atoms with Crippen LogP contribution in [-0.4, -0.2) is 32.1 Å². The van der Waals surface area contributed by atoms with Crippen molar-refractivity contribution in [2.75, 3.05) is 7.05 Å². The molecule has 142 valence electrons. The lowest BCUT2D eigenvalue weighted by Gasteiger charge is -2.20. The Labute approximate surface area is 164 Å². The highest BCUT2D eigenvalue weighted by molar-refractivity contribution is 7.18. The van der Waals surface area contributed by atoms with Crippen LogP contribution in [-0.2, 0) is 6.54 Å². The molecule has 4 aromatic rings. The molecule has 4 rings (SSSR count). The SMILES string of the molecule is C[C@@H](c1nnc(-c2ccc([N+](=O)[O-])cc2)o1)N(C)Cc1nc2ccccc2s1. The lowest BCUT2D eigenvalue weighted by molar-refractivity contribution is -0.384. The van der Waals surface area contributed by atoms with Gasteiger partial charge in [-0.1, -0.05) is 12.1 Å². The van der Waals surface area contributed by atoms with Crippen molar-refractivity contribution in [2.45, 2.75) is 19.5 Å². The third-order valence-corrected chi connectivity index (χ3v) is 5.53. The second-order valence-corrected chi connectivity index (χ2v) is 7.53. The predicted molar refractivity (Wildman–Crippen MR) is 106 cm³/mol. The summed E-state index contributed by atoms with van der Waals surface area (Å²) >= 11 is 1.67. The molecule has 0 aliphatic rings. The van der Waals surface area contributed by atoms with Crippen molar-refractivity contribution in [3.05, 3.63) is 69.5 Å². The van der Waals surface area contributed by atoms with Gasteiger partial charge in [-0.05, 0) is 38.2 Å². The van der Waals surface area contributed by atoms with Crippen LogP contribution in [0.2, 0.25) is 0 Å². The van der Waals surface area contributed by atoms with Gasteiger partial charge in [0.2, 0.25) is 11.8 Å². The van der Waals surface area contributed by atoms with Crippen LogP contribution in [0.1, 0.15) is 23.9 Å². The summed E-state index contributed by atoms with van der Waals surface area (Å²) in [5.41, 5.74) is 1.67. The van der Waals surface area contributed by atoms with Gasteiger partial charge < -0.3 is 4.42 Å². The van der Waals surface area contributed by atoms with Crippen LogP contribution in [0.3, 0.4) is 0 Å². The number of hydrogen-bond donors (Lipinski definition) is 0. The number of hydrogen-bond acceptors (Lipinski definition) is 8. The minimum Gasteiger partial charge on any atom is -0.419 e. The molecule has 2 heterocycles. The van der Waals surface area contributed by atoms with Gasteiger partial charge in [-0.25, -0.2) is 4.98 Å². The van der Waals surface area contributed by atoms with Crippen LogP contribution in [0.5, 0.6) is 0 Å². The fraction of sp³-hybridized carbons (Fsp3) is 0.211.